The van der Waals surface area contributed by atoms with Gasteiger partial charge >= 0.3 is 0 Å². The van der Waals surface area contributed by atoms with Crippen molar-refractivity contribution in [2.75, 3.05) is 75.4 Å². The van der Waals surface area contributed by atoms with Gasteiger partial charge in [-0.15, -0.1) is 0 Å². The molecule has 7 rings (SSSR count). The topological polar surface area (TPSA) is 170 Å². The average molecular weight is 2070 g/mol. The Morgan fingerprint density at radius 1 is 0.173 bits per heavy atom. The second kappa shape index (κ2) is 71.3. The zero-order valence-corrected chi connectivity index (χ0v) is 99.7. The number of carbonyl (C=O) groups is 3. The minimum Gasteiger partial charge on any atom is -0.490 e. The summed E-state index contributed by atoms with van der Waals surface area (Å²) in [6.45, 7) is 66.5. The minimum absolute atomic E-state index is 0.291. The lowest BCUT2D eigenvalue weighted by molar-refractivity contribution is 0.101. The van der Waals surface area contributed by atoms with Crippen LogP contribution < -0.4 is 58.6 Å². The molecule has 0 unspecified atom stereocenters. The van der Waals surface area contributed by atoms with E-state index in [-0.39, 0.29) is 17.7 Å². The lowest BCUT2D eigenvalue weighted by atomic mass is 9.93. The van der Waals surface area contributed by atoms with Gasteiger partial charge in [-0.1, -0.05) is 397 Å². The van der Waals surface area contributed by atoms with Crippen LogP contribution in [0.15, 0.2) is 127 Å². The van der Waals surface area contributed by atoms with Gasteiger partial charge in [0.05, 0.1) is 59.5 Å². The highest BCUT2D eigenvalue weighted by Crippen LogP contribution is 2.46. The molecule has 0 heterocycles. The van der Waals surface area contributed by atoms with E-state index in [4.69, 9.17) is 42.6 Å². The van der Waals surface area contributed by atoms with Gasteiger partial charge in [-0.3, -0.25) is 14.4 Å². The second-order valence-electron chi connectivity index (χ2n) is 49.9. The van der Waals surface area contributed by atoms with Crippen molar-refractivity contribution in [3.8, 4) is 85.1 Å². The summed E-state index contributed by atoms with van der Waals surface area (Å²) in [4.78, 5) is 45.4. The highest BCUT2D eigenvalue weighted by molar-refractivity contribution is 6.07. The van der Waals surface area contributed by atoms with Crippen molar-refractivity contribution in [2.45, 2.75) is 418 Å². The number of hydrogen-bond donors (Lipinski definition) is 3. The van der Waals surface area contributed by atoms with Gasteiger partial charge in [0.15, 0.2) is 34.5 Å². The number of hydrogen-bond acceptors (Lipinski definition) is 12. The molecule has 0 saturated carbocycles. The van der Waals surface area contributed by atoms with Crippen molar-refractivity contribution in [1.29, 1.82) is 0 Å². The molecule has 840 valence electrons. The molecule has 0 aliphatic carbocycles. The van der Waals surface area contributed by atoms with Crippen LogP contribution in [0.2, 0.25) is 0 Å². The number of nitrogens with one attached hydrogen (secondary N) is 3. The molecule has 0 aromatic heterocycles. The fourth-order valence-corrected chi connectivity index (χ4v) is 19.6. The zero-order valence-electron chi connectivity index (χ0n) is 99.7. The van der Waals surface area contributed by atoms with Crippen molar-refractivity contribution < 1.29 is 57.0 Å². The van der Waals surface area contributed by atoms with Crippen LogP contribution >= 0.6 is 0 Å². The van der Waals surface area contributed by atoms with Crippen LogP contribution in [0.1, 0.15) is 449 Å². The van der Waals surface area contributed by atoms with Gasteiger partial charge in [0.25, 0.3) is 17.7 Å². The Labute approximate surface area is 915 Å². The fourth-order valence-electron chi connectivity index (χ4n) is 19.6. The van der Waals surface area contributed by atoms with Gasteiger partial charge < -0.3 is 58.6 Å². The third kappa shape index (κ3) is 52.4. The van der Waals surface area contributed by atoms with E-state index in [1.165, 1.54) is 116 Å². The molecule has 0 aliphatic heterocycles. The molecule has 7 aromatic carbocycles. The molecule has 3 amide bonds. The molecule has 0 spiro atoms. The number of amides is 3. The first-order chi connectivity index (χ1) is 71.7. The van der Waals surface area contributed by atoms with E-state index in [2.05, 4.69) is 257 Å². The van der Waals surface area contributed by atoms with Gasteiger partial charge in [0.2, 0.25) is 17.2 Å². The van der Waals surface area contributed by atoms with E-state index >= 15 is 14.4 Å². The van der Waals surface area contributed by atoms with E-state index in [0.29, 0.717) is 251 Å². The van der Waals surface area contributed by atoms with Crippen LogP contribution in [0.5, 0.6) is 51.7 Å². The molecule has 15 heteroatoms. The smallest absolute Gasteiger partial charge is 0.255 e. The zero-order chi connectivity index (χ0) is 109. The molecule has 9 atom stereocenters. The molecule has 0 bridgehead atoms. The predicted octanol–water partition coefficient (Wildman–Crippen LogP) is 39.5. The monoisotopic (exact) mass is 2070 g/mol. The Hall–Kier alpha value is -8.85. The highest BCUT2D eigenvalue weighted by atomic mass is 16.6. The maximum absolute atomic E-state index is 15.1. The number of carbonyl (C=O) groups excluding carboxylic acids is 3. The molecule has 0 aliphatic rings. The Morgan fingerprint density at radius 2 is 0.313 bits per heavy atom. The van der Waals surface area contributed by atoms with Crippen LogP contribution in [-0.4, -0.2) is 77.2 Å². The lowest BCUT2D eigenvalue weighted by Crippen LogP contribution is -2.15. The third-order valence-corrected chi connectivity index (χ3v) is 30.3. The van der Waals surface area contributed by atoms with E-state index in [1.807, 2.05) is 72.8 Å². The van der Waals surface area contributed by atoms with E-state index in [0.717, 1.165) is 149 Å². The molecular weight excluding hydrogens is 1860 g/mol. The van der Waals surface area contributed by atoms with Gasteiger partial charge in [0, 0.05) is 33.8 Å². The van der Waals surface area contributed by atoms with Crippen molar-refractivity contribution in [1.82, 2.24) is 0 Å². The van der Waals surface area contributed by atoms with Gasteiger partial charge in [0.1, 0.15) is 0 Å². The number of ether oxygens (including phenoxy) is 9. The Morgan fingerprint density at radius 3 is 0.453 bits per heavy atom. The summed E-state index contributed by atoms with van der Waals surface area (Å²) < 4.78 is 61.5. The van der Waals surface area contributed by atoms with Crippen LogP contribution in [0, 0.1) is 107 Å². The van der Waals surface area contributed by atoms with Crippen LogP contribution in [0.25, 0.3) is 33.4 Å². The minimum atomic E-state index is -0.291. The summed E-state index contributed by atoms with van der Waals surface area (Å²) in [6, 6.07) is 41.9. The standard InChI is InChI=1S/C135H213N3O12/c1-94(2)37-28-46-103(19)67-76-142-124-88-118(89-125(143-77-68-104(20)47-29-38-95(3)4)130(124)148-82-73-109(25)52-34-43-100(13)14)133(139)136-121-61-55-112(56-62-121)115-85-116(113-57-63-122(64-58-113)137-134(140)119-90-126(144-78-69-105(21)48-30-39-96(5)6)131(149-83-74-110(26)53-35-44-101(15)16)127(91-119)145-79-70-106(22)49-31-40-97(7)8)87-117(86-115)114-59-65-123(66-60-114)138-135(141)120-92-128(146-80-71-107(23)50-32-41-98(9)10)132(150-84-75-111(27)54-36-45-102(17)18)129(93-120)147-81-72-108(24)51-33-42-99(11)12/h55-66,85-111H,28-54,67-84H2,1-27H3,(H,136,139)(H,137,140)(H,138,141)/t103-,104-,105-,106-,107-,108-,109-,110-,111-/m0/s1. The maximum Gasteiger partial charge on any atom is 0.255 e. The second-order valence-corrected chi connectivity index (χ2v) is 49.9. The molecule has 150 heavy (non-hydrogen) atoms. The van der Waals surface area contributed by atoms with E-state index < -0.39 is 0 Å². The van der Waals surface area contributed by atoms with Gasteiger partial charge in [-0.2, -0.15) is 0 Å². The first-order valence-corrected chi connectivity index (χ1v) is 60.3. The van der Waals surface area contributed by atoms with Crippen molar-refractivity contribution in [3.05, 3.63) is 144 Å². The van der Waals surface area contributed by atoms with E-state index in [9.17, 15) is 0 Å². The SMILES string of the molecule is CC(C)CCC[C@H](C)CCOc1cc(C(=O)Nc2ccc(-c3cc(-c4ccc(NC(=O)c5cc(OCC[C@@H](C)CCCC(C)C)c(OCC[C@@H](C)CCCC(C)C)c(OCC[C@@H](C)CCCC(C)C)c5)cc4)cc(-c4ccc(NC(=O)c5cc(OCC[C@@H](C)CCCC(C)C)c(OCC[C@@H](C)CCCC(C)C)c(OCC[C@@H](C)CCCC(C)C)c5)cc4)c3)cc2)cc(OCC[C@@H](C)CCCC(C)C)c1OCC[C@@H](C)CCCC(C)C. The highest BCUT2D eigenvalue weighted by Gasteiger charge is 2.28. The summed E-state index contributed by atoms with van der Waals surface area (Å²) in [5, 5.41) is 9.85. The molecule has 15 nitrogen and oxygen atoms in total. The normalized spacial score (nSPS) is 13.7. The summed E-state index contributed by atoms with van der Waals surface area (Å²) >= 11 is 0. The largest absolute Gasteiger partial charge is 0.490 e. The average Bonchev–Trinajstić information content (AvgIpc) is 0.783. The number of anilines is 3. The van der Waals surface area contributed by atoms with Gasteiger partial charge in [-0.25, -0.2) is 0 Å². The Bertz CT molecular complexity index is 4220. The fraction of sp³-hybridized carbons (Fsp3) is 0.667. The van der Waals surface area contributed by atoms with Crippen molar-refractivity contribution >= 4 is 34.8 Å². The Kier molecular flexibility index (Phi) is 60.8. The van der Waals surface area contributed by atoms with Gasteiger partial charge in [-0.05, 0) is 289 Å². The molecule has 0 radical (unpaired) electrons. The molecule has 0 fully saturated rings. The summed E-state index contributed by atoms with van der Waals surface area (Å²) in [7, 11) is 0. The summed E-state index contributed by atoms with van der Waals surface area (Å²) in [5.41, 5.74) is 8.69. The van der Waals surface area contributed by atoms with Crippen molar-refractivity contribution in [2.24, 2.45) is 107 Å². The number of rotatable bonds is 81. The van der Waals surface area contributed by atoms with Crippen LogP contribution in [0.4, 0.5) is 17.1 Å². The molecule has 3 N–H and O–H groups in total. The molecule has 7 aromatic rings. The first-order valence-electron chi connectivity index (χ1n) is 60.3. The van der Waals surface area contributed by atoms with Crippen LogP contribution in [0.3, 0.4) is 0 Å². The first kappa shape index (κ1) is 128. The maximum atomic E-state index is 15.1. The summed E-state index contributed by atoms with van der Waals surface area (Å²) in [5.74, 6) is 14.1. The quantitative estimate of drug-likeness (QED) is 0.0330. The Balaban J connectivity index is 1.30. The molecule has 0 saturated heterocycles. The third-order valence-electron chi connectivity index (χ3n) is 30.3. The predicted molar refractivity (Wildman–Crippen MR) is 638 cm³/mol. The van der Waals surface area contributed by atoms with E-state index in [1.54, 1.807) is 0 Å². The summed E-state index contributed by atoms with van der Waals surface area (Å²) in [6.07, 6.45) is 39.5. The van der Waals surface area contributed by atoms with Crippen LogP contribution in [-0.2, 0) is 0 Å². The lowest BCUT2D eigenvalue weighted by Gasteiger charge is -2.21. The molecular formula is C135H213N3O12. The number of benzene rings is 7. The van der Waals surface area contributed by atoms with Crippen molar-refractivity contribution in [3.63, 3.8) is 0 Å².